The molecule has 4 heterocycles. The maximum absolute atomic E-state index is 13.5. The predicted molar refractivity (Wildman–Crippen MR) is 50.3 cm³/mol. The maximum Gasteiger partial charge on any atom is 0.316 e. The van der Waals surface area contributed by atoms with Crippen molar-refractivity contribution in [3.63, 3.8) is 0 Å². The second-order valence-electron chi connectivity index (χ2n) is 5.97. The van der Waals surface area contributed by atoms with Crippen LogP contribution in [0.15, 0.2) is 12.2 Å². The Kier molecular flexibility index (Phi) is 1.42. The van der Waals surface area contributed by atoms with E-state index in [1.165, 1.54) is 0 Å². The van der Waals surface area contributed by atoms with Crippen molar-refractivity contribution in [1.29, 1.82) is 0 Å². The maximum atomic E-state index is 13.5. The number of alkyl halides is 4. The van der Waals surface area contributed by atoms with E-state index in [0.717, 1.165) is 0 Å². The summed E-state index contributed by atoms with van der Waals surface area (Å²) in [5.41, 5.74) is 0. The summed E-state index contributed by atoms with van der Waals surface area (Å²) in [6.45, 7) is 0. The molecule has 4 bridgehead atoms. The first-order valence-corrected chi connectivity index (χ1v) is 6.19. The molecule has 4 aliphatic heterocycles. The molecule has 5 rings (SSSR count). The van der Waals surface area contributed by atoms with Gasteiger partial charge in [-0.05, 0) is 0 Å². The van der Waals surface area contributed by atoms with E-state index in [1.807, 2.05) is 12.2 Å². The molecule has 1 saturated carbocycles. The van der Waals surface area contributed by atoms with Gasteiger partial charge in [0.1, 0.15) is 0 Å². The molecular formula is C12H10F4O2. The molecule has 0 N–H and O–H groups in total. The summed E-state index contributed by atoms with van der Waals surface area (Å²) < 4.78 is 65.3. The van der Waals surface area contributed by atoms with Gasteiger partial charge in [0, 0.05) is 11.8 Å². The van der Waals surface area contributed by atoms with Crippen LogP contribution >= 0.6 is 0 Å². The highest BCUT2D eigenvalue weighted by molar-refractivity contribution is 5.30. The zero-order valence-corrected chi connectivity index (χ0v) is 9.10. The molecule has 0 unspecified atom stereocenters. The largest absolute Gasteiger partial charge is 0.373 e. The molecular weight excluding hydrogens is 252 g/mol. The second-order valence-corrected chi connectivity index (χ2v) is 5.97. The molecule has 0 spiro atoms. The van der Waals surface area contributed by atoms with Gasteiger partial charge in [0.05, 0.1) is 36.3 Å². The van der Waals surface area contributed by atoms with Crippen LogP contribution in [0.3, 0.4) is 0 Å². The van der Waals surface area contributed by atoms with E-state index in [1.54, 1.807) is 0 Å². The molecule has 0 radical (unpaired) electrons. The van der Waals surface area contributed by atoms with E-state index in [9.17, 15) is 17.6 Å². The van der Waals surface area contributed by atoms with Crippen molar-refractivity contribution in [2.45, 2.75) is 36.3 Å². The van der Waals surface area contributed by atoms with E-state index in [4.69, 9.17) is 9.47 Å². The fourth-order valence-electron chi connectivity index (χ4n) is 4.81. The van der Waals surface area contributed by atoms with Crippen molar-refractivity contribution >= 4 is 0 Å². The monoisotopic (exact) mass is 262 g/mol. The molecule has 98 valence electrons. The Labute approximate surface area is 99.9 Å². The summed E-state index contributed by atoms with van der Waals surface area (Å²) in [4.78, 5) is 0. The van der Waals surface area contributed by atoms with Gasteiger partial charge in [-0.2, -0.15) is 17.6 Å². The van der Waals surface area contributed by atoms with Gasteiger partial charge >= 0.3 is 11.8 Å². The quantitative estimate of drug-likeness (QED) is 0.490. The van der Waals surface area contributed by atoms with E-state index >= 15 is 0 Å². The topological polar surface area (TPSA) is 18.5 Å². The van der Waals surface area contributed by atoms with Crippen LogP contribution in [0.1, 0.15) is 0 Å². The summed E-state index contributed by atoms with van der Waals surface area (Å²) in [5, 5.41) is 0. The lowest BCUT2D eigenvalue weighted by Crippen LogP contribution is -2.72. The lowest BCUT2D eigenvalue weighted by atomic mass is 9.53. The molecule has 0 amide bonds. The van der Waals surface area contributed by atoms with Crippen LogP contribution in [0.25, 0.3) is 0 Å². The lowest BCUT2D eigenvalue weighted by molar-refractivity contribution is -0.358. The highest BCUT2D eigenvalue weighted by atomic mass is 19.3. The Morgan fingerprint density at radius 1 is 0.722 bits per heavy atom. The van der Waals surface area contributed by atoms with E-state index in [0.29, 0.717) is 0 Å². The van der Waals surface area contributed by atoms with Crippen molar-refractivity contribution in [3.8, 4) is 0 Å². The normalized spacial score (nSPS) is 63.8. The van der Waals surface area contributed by atoms with E-state index < -0.39 is 35.9 Å². The molecule has 0 aromatic carbocycles. The van der Waals surface area contributed by atoms with Crippen LogP contribution in [0.4, 0.5) is 17.6 Å². The predicted octanol–water partition coefficient (Wildman–Crippen LogP) is 1.85. The minimum atomic E-state index is -3.92. The molecule has 18 heavy (non-hydrogen) atoms. The molecule has 4 fully saturated rings. The summed E-state index contributed by atoms with van der Waals surface area (Å²) in [7, 11) is 0. The lowest BCUT2D eigenvalue weighted by Gasteiger charge is -2.53. The standard InChI is InChI=1S/C12H10F4O2/c13-11(14)7-8(12(11,15)16)10-6-4-2-1-3(17-4)5(6)9(7)18-10/h1-10H/t3-,4-,5-,6-,7+,8+,9+,10+/m1/s1. The molecule has 2 nitrogen and oxygen atoms in total. The Morgan fingerprint density at radius 3 is 1.61 bits per heavy atom. The zero-order valence-electron chi connectivity index (χ0n) is 9.10. The average Bonchev–Trinajstić information content (AvgIpc) is 3.04. The fourth-order valence-corrected chi connectivity index (χ4v) is 4.81. The molecule has 8 atom stereocenters. The van der Waals surface area contributed by atoms with Gasteiger partial charge < -0.3 is 9.47 Å². The first kappa shape index (κ1) is 10.2. The summed E-state index contributed by atoms with van der Waals surface area (Å²) in [6, 6.07) is 0. The van der Waals surface area contributed by atoms with Crippen molar-refractivity contribution in [2.75, 3.05) is 0 Å². The van der Waals surface area contributed by atoms with Crippen molar-refractivity contribution in [3.05, 3.63) is 12.2 Å². The minimum Gasteiger partial charge on any atom is -0.373 e. The zero-order chi connectivity index (χ0) is 12.4. The fraction of sp³-hybridized carbons (Fsp3) is 0.833. The van der Waals surface area contributed by atoms with Crippen molar-refractivity contribution in [2.24, 2.45) is 23.7 Å². The van der Waals surface area contributed by atoms with Gasteiger partial charge in [-0.15, -0.1) is 0 Å². The highest BCUT2D eigenvalue weighted by Crippen LogP contribution is 2.73. The molecule has 0 aromatic rings. The van der Waals surface area contributed by atoms with Crippen LogP contribution in [0, 0.1) is 23.7 Å². The van der Waals surface area contributed by atoms with Gasteiger partial charge in [0.25, 0.3) is 0 Å². The van der Waals surface area contributed by atoms with E-state index in [-0.39, 0.29) is 24.0 Å². The number of rotatable bonds is 0. The minimum absolute atomic E-state index is 0.159. The Morgan fingerprint density at radius 2 is 1.17 bits per heavy atom. The van der Waals surface area contributed by atoms with Crippen LogP contribution < -0.4 is 0 Å². The van der Waals surface area contributed by atoms with Crippen LogP contribution in [0.5, 0.6) is 0 Å². The highest BCUT2D eigenvalue weighted by Gasteiger charge is 2.89. The molecule has 3 saturated heterocycles. The Balaban J connectivity index is 1.61. The molecule has 1 aliphatic carbocycles. The van der Waals surface area contributed by atoms with Crippen molar-refractivity contribution in [1.82, 2.24) is 0 Å². The number of halogens is 4. The second kappa shape index (κ2) is 2.50. The number of hydrogen-bond donors (Lipinski definition) is 0. The molecule has 0 aromatic heterocycles. The smallest absolute Gasteiger partial charge is 0.316 e. The van der Waals surface area contributed by atoms with Gasteiger partial charge in [0.15, 0.2) is 0 Å². The van der Waals surface area contributed by atoms with Gasteiger partial charge in [-0.1, -0.05) is 12.2 Å². The van der Waals surface area contributed by atoms with Crippen LogP contribution in [-0.2, 0) is 9.47 Å². The summed E-state index contributed by atoms with van der Waals surface area (Å²) >= 11 is 0. The first-order chi connectivity index (χ1) is 8.44. The van der Waals surface area contributed by atoms with Crippen LogP contribution in [-0.4, -0.2) is 36.3 Å². The van der Waals surface area contributed by atoms with Gasteiger partial charge in [0.2, 0.25) is 0 Å². The summed E-state index contributed by atoms with van der Waals surface area (Å²) in [5.74, 6) is -10.8. The Bertz CT molecular complexity index is 437. The summed E-state index contributed by atoms with van der Waals surface area (Å²) in [6.07, 6.45) is 1.72. The molecule has 6 heteroatoms. The third kappa shape index (κ3) is 0.744. The SMILES string of the molecule is FC1(F)[C@@H]2[C@H]3O[C@@H]([C@H]4[C@H]3[C@H]3C=C[C@H]4O3)[C@H]2C1(F)F. The third-order valence-corrected chi connectivity index (χ3v) is 5.46. The van der Waals surface area contributed by atoms with Gasteiger partial charge in [-0.25, -0.2) is 0 Å². The number of fused-ring (bicyclic) bond motifs is 12. The Hall–Kier alpha value is -0.620. The van der Waals surface area contributed by atoms with Gasteiger partial charge in [-0.3, -0.25) is 0 Å². The van der Waals surface area contributed by atoms with E-state index in [2.05, 4.69) is 0 Å². The third-order valence-electron chi connectivity index (χ3n) is 5.46. The average molecular weight is 262 g/mol. The van der Waals surface area contributed by atoms with Crippen molar-refractivity contribution < 1.29 is 27.0 Å². The molecule has 5 aliphatic rings. The number of hydrogen-bond acceptors (Lipinski definition) is 2. The first-order valence-electron chi connectivity index (χ1n) is 6.19. The van der Waals surface area contributed by atoms with Crippen LogP contribution in [0.2, 0.25) is 0 Å². The number of ether oxygens (including phenoxy) is 2.